The van der Waals surface area contributed by atoms with Crippen LogP contribution in [0.25, 0.3) is 0 Å². The number of nitrogens with zero attached hydrogens (tertiary/aromatic N) is 1. The normalized spacial score (nSPS) is 22.6. The van der Waals surface area contributed by atoms with Gasteiger partial charge in [0.25, 0.3) is 0 Å². The summed E-state index contributed by atoms with van der Waals surface area (Å²) < 4.78 is 0. The Bertz CT molecular complexity index is 346. The molecule has 4 nitrogen and oxygen atoms in total. The van der Waals surface area contributed by atoms with Gasteiger partial charge in [-0.05, 0) is 70.6 Å². The third-order valence-corrected chi connectivity index (χ3v) is 5.85. The van der Waals surface area contributed by atoms with Crippen molar-refractivity contribution in [3.8, 4) is 0 Å². The van der Waals surface area contributed by atoms with Gasteiger partial charge in [-0.15, -0.1) is 24.8 Å². The topological polar surface area (TPSA) is 44.4 Å². The third-order valence-electron chi connectivity index (χ3n) is 5.85. The molecule has 150 valence electrons. The molecule has 1 saturated carbocycles. The number of amides is 1. The van der Waals surface area contributed by atoms with Gasteiger partial charge in [-0.1, -0.05) is 26.2 Å². The Morgan fingerprint density at radius 2 is 1.88 bits per heavy atom. The predicted octanol–water partition coefficient (Wildman–Crippen LogP) is 3.63. The summed E-state index contributed by atoms with van der Waals surface area (Å²) in [6.07, 6.45) is 11.2. The smallest absolute Gasteiger partial charge is 0.220 e. The van der Waals surface area contributed by atoms with Crippen LogP contribution in [0.2, 0.25) is 0 Å². The Hall–Kier alpha value is -0.0300. The second-order valence-electron chi connectivity index (χ2n) is 7.76. The van der Waals surface area contributed by atoms with Crippen molar-refractivity contribution in [2.24, 2.45) is 11.8 Å². The molecule has 2 N–H and O–H groups in total. The van der Waals surface area contributed by atoms with E-state index in [9.17, 15) is 4.79 Å². The van der Waals surface area contributed by atoms with Gasteiger partial charge in [0.2, 0.25) is 5.91 Å². The summed E-state index contributed by atoms with van der Waals surface area (Å²) in [5, 5.41) is 6.57. The van der Waals surface area contributed by atoms with Crippen LogP contribution in [0, 0.1) is 11.8 Å². The molecule has 1 saturated heterocycles. The highest BCUT2D eigenvalue weighted by atomic mass is 35.5. The molecular formula is C19H39Cl2N3O. The van der Waals surface area contributed by atoms with Gasteiger partial charge in [-0.2, -0.15) is 0 Å². The van der Waals surface area contributed by atoms with Gasteiger partial charge in [0.05, 0.1) is 0 Å². The zero-order chi connectivity index (χ0) is 16.5. The monoisotopic (exact) mass is 395 g/mol. The van der Waals surface area contributed by atoms with Gasteiger partial charge in [0.15, 0.2) is 0 Å². The van der Waals surface area contributed by atoms with Gasteiger partial charge in [0.1, 0.15) is 0 Å². The van der Waals surface area contributed by atoms with E-state index in [4.69, 9.17) is 0 Å². The van der Waals surface area contributed by atoms with Crippen molar-refractivity contribution < 1.29 is 4.79 Å². The number of carbonyl (C=O) groups excluding carboxylic acids is 1. The van der Waals surface area contributed by atoms with E-state index in [1.165, 1.54) is 44.9 Å². The average molecular weight is 396 g/mol. The first kappa shape index (κ1) is 25.0. The molecule has 1 aliphatic carbocycles. The Kier molecular flexibility index (Phi) is 14.1. The molecule has 1 aliphatic heterocycles. The lowest BCUT2D eigenvalue weighted by atomic mass is 9.85. The molecule has 1 amide bonds. The highest BCUT2D eigenvalue weighted by molar-refractivity contribution is 5.85. The second-order valence-corrected chi connectivity index (χ2v) is 7.76. The van der Waals surface area contributed by atoms with Crippen LogP contribution in [-0.2, 0) is 4.79 Å². The molecule has 0 aromatic rings. The first-order valence-corrected chi connectivity index (χ1v) is 9.84. The van der Waals surface area contributed by atoms with Crippen molar-refractivity contribution in [2.45, 2.75) is 70.8 Å². The van der Waals surface area contributed by atoms with Crippen molar-refractivity contribution in [1.82, 2.24) is 15.5 Å². The minimum absolute atomic E-state index is 0. The van der Waals surface area contributed by atoms with Crippen LogP contribution in [0.15, 0.2) is 0 Å². The summed E-state index contributed by atoms with van der Waals surface area (Å²) >= 11 is 0. The number of piperidine rings is 1. The van der Waals surface area contributed by atoms with E-state index in [0.717, 1.165) is 38.6 Å². The molecule has 2 rings (SSSR count). The standard InChI is InChI=1S/C19H37N3O.2ClH/c1-16(17-8-6-11-20-15-17)14-19(23)21-12-7-13-22(2)18-9-4-3-5-10-18;;/h16-18,20H,3-15H2,1-2H3,(H,21,23);2*1H. The highest BCUT2D eigenvalue weighted by Gasteiger charge is 2.22. The summed E-state index contributed by atoms with van der Waals surface area (Å²) in [7, 11) is 2.25. The van der Waals surface area contributed by atoms with Gasteiger partial charge >= 0.3 is 0 Å². The van der Waals surface area contributed by atoms with Crippen LogP contribution in [0.5, 0.6) is 0 Å². The minimum atomic E-state index is 0. The molecule has 2 fully saturated rings. The number of hydrogen-bond acceptors (Lipinski definition) is 3. The van der Waals surface area contributed by atoms with Gasteiger partial charge < -0.3 is 15.5 Å². The van der Waals surface area contributed by atoms with Crippen molar-refractivity contribution >= 4 is 30.7 Å². The average Bonchev–Trinajstić information content (AvgIpc) is 2.60. The van der Waals surface area contributed by atoms with Crippen LogP contribution in [0.3, 0.4) is 0 Å². The molecule has 0 spiro atoms. The number of hydrogen-bond donors (Lipinski definition) is 2. The fourth-order valence-electron chi connectivity index (χ4n) is 4.16. The molecule has 2 atom stereocenters. The quantitative estimate of drug-likeness (QED) is 0.616. The minimum Gasteiger partial charge on any atom is -0.356 e. The Balaban J connectivity index is 0.00000288. The van der Waals surface area contributed by atoms with Crippen LogP contribution < -0.4 is 10.6 Å². The van der Waals surface area contributed by atoms with Gasteiger partial charge in [-0.3, -0.25) is 4.79 Å². The first-order valence-electron chi connectivity index (χ1n) is 9.84. The fraction of sp³-hybridized carbons (Fsp3) is 0.947. The van der Waals surface area contributed by atoms with Crippen molar-refractivity contribution in [1.29, 1.82) is 0 Å². The SMILES string of the molecule is CC(CC(=O)NCCCN(C)C1CCCCC1)C1CCCNC1.Cl.Cl. The van der Waals surface area contributed by atoms with Crippen molar-refractivity contribution in [3.63, 3.8) is 0 Å². The lowest BCUT2D eigenvalue weighted by molar-refractivity contribution is -0.122. The third kappa shape index (κ3) is 9.46. The lowest BCUT2D eigenvalue weighted by Crippen LogP contribution is -2.37. The molecule has 2 aliphatic rings. The second kappa shape index (κ2) is 14.1. The summed E-state index contributed by atoms with van der Waals surface area (Å²) in [5.74, 6) is 1.41. The predicted molar refractivity (Wildman–Crippen MR) is 111 cm³/mol. The summed E-state index contributed by atoms with van der Waals surface area (Å²) in [6, 6.07) is 0.776. The first-order chi connectivity index (χ1) is 11.2. The van der Waals surface area contributed by atoms with Crippen LogP contribution in [0.4, 0.5) is 0 Å². The maximum Gasteiger partial charge on any atom is 0.220 e. The molecule has 0 bridgehead atoms. The number of rotatable bonds is 8. The van der Waals surface area contributed by atoms with E-state index >= 15 is 0 Å². The van der Waals surface area contributed by atoms with Crippen molar-refractivity contribution in [2.75, 3.05) is 33.2 Å². The van der Waals surface area contributed by atoms with Crippen LogP contribution >= 0.6 is 24.8 Å². The van der Waals surface area contributed by atoms with E-state index in [0.29, 0.717) is 18.3 Å². The zero-order valence-corrected chi connectivity index (χ0v) is 17.7. The van der Waals surface area contributed by atoms with Gasteiger partial charge in [-0.25, -0.2) is 0 Å². The van der Waals surface area contributed by atoms with E-state index in [-0.39, 0.29) is 30.7 Å². The molecule has 1 heterocycles. The van der Waals surface area contributed by atoms with E-state index in [2.05, 4.69) is 29.5 Å². The van der Waals surface area contributed by atoms with Crippen molar-refractivity contribution in [3.05, 3.63) is 0 Å². The number of halogens is 2. The molecule has 0 radical (unpaired) electrons. The number of nitrogens with one attached hydrogen (secondary N) is 2. The fourth-order valence-corrected chi connectivity index (χ4v) is 4.16. The van der Waals surface area contributed by atoms with Crippen LogP contribution in [-0.4, -0.2) is 50.1 Å². The van der Waals surface area contributed by atoms with E-state index in [1.807, 2.05) is 0 Å². The molecule has 2 unspecified atom stereocenters. The summed E-state index contributed by atoms with van der Waals surface area (Å²) in [6.45, 7) is 6.39. The molecule has 6 heteroatoms. The molecule has 0 aromatic carbocycles. The largest absolute Gasteiger partial charge is 0.356 e. The maximum absolute atomic E-state index is 12.1. The lowest BCUT2D eigenvalue weighted by Gasteiger charge is -2.31. The maximum atomic E-state index is 12.1. The molecule has 0 aromatic heterocycles. The summed E-state index contributed by atoms with van der Waals surface area (Å²) in [4.78, 5) is 14.6. The van der Waals surface area contributed by atoms with Crippen LogP contribution in [0.1, 0.15) is 64.7 Å². The van der Waals surface area contributed by atoms with E-state index < -0.39 is 0 Å². The highest BCUT2D eigenvalue weighted by Crippen LogP contribution is 2.23. The number of carbonyl (C=O) groups is 1. The molecular weight excluding hydrogens is 357 g/mol. The Morgan fingerprint density at radius 1 is 1.16 bits per heavy atom. The summed E-state index contributed by atoms with van der Waals surface area (Å²) in [5.41, 5.74) is 0. The zero-order valence-electron chi connectivity index (χ0n) is 16.1. The Labute approximate surface area is 167 Å². The van der Waals surface area contributed by atoms with E-state index in [1.54, 1.807) is 0 Å². The Morgan fingerprint density at radius 3 is 2.52 bits per heavy atom. The van der Waals surface area contributed by atoms with Gasteiger partial charge in [0, 0.05) is 19.0 Å². The molecule has 25 heavy (non-hydrogen) atoms.